The molecule has 1 aliphatic rings. The molecule has 1 fully saturated rings. The Hall–Kier alpha value is -1.15. The highest BCUT2D eigenvalue weighted by Crippen LogP contribution is 2.31. The van der Waals surface area contributed by atoms with E-state index in [4.69, 9.17) is 5.73 Å². The van der Waals surface area contributed by atoms with Crippen molar-refractivity contribution in [2.24, 2.45) is 11.1 Å². The molecule has 1 saturated heterocycles. The van der Waals surface area contributed by atoms with Crippen LogP contribution in [-0.4, -0.2) is 56.8 Å². The molecule has 2 N–H and O–H groups in total. The number of rotatable bonds is 3. The van der Waals surface area contributed by atoms with E-state index < -0.39 is 10.0 Å². The first-order valence-corrected chi connectivity index (χ1v) is 9.07. The first-order valence-electron chi connectivity index (χ1n) is 7.63. The van der Waals surface area contributed by atoms with Crippen molar-refractivity contribution in [3.63, 3.8) is 0 Å². The van der Waals surface area contributed by atoms with Crippen molar-refractivity contribution in [1.82, 2.24) is 9.21 Å². The molecule has 0 spiro atoms. The molecule has 1 atom stereocenters. The molecule has 6 nitrogen and oxygen atoms in total. The Kier molecular flexibility index (Phi) is 6.43. The molecule has 24 heavy (non-hydrogen) atoms. The zero-order valence-corrected chi connectivity index (χ0v) is 16.2. The van der Waals surface area contributed by atoms with Crippen LogP contribution in [0.3, 0.4) is 0 Å². The molecule has 1 aliphatic heterocycles. The van der Waals surface area contributed by atoms with Crippen molar-refractivity contribution in [2.45, 2.75) is 31.2 Å². The third-order valence-electron chi connectivity index (χ3n) is 4.42. The molecule has 1 aromatic rings. The topological polar surface area (TPSA) is 83.7 Å². The van der Waals surface area contributed by atoms with Gasteiger partial charge < -0.3 is 10.6 Å². The summed E-state index contributed by atoms with van der Waals surface area (Å²) in [6.45, 7) is 4.79. The SMILES string of the molecule is CN(C)C(=O)c1ccc(S(=O)(=O)N2CCC(N)C(C)(C)C2)cc1.Cl. The van der Waals surface area contributed by atoms with Crippen molar-refractivity contribution in [3.05, 3.63) is 29.8 Å². The fraction of sp³-hybridized carbons (Fsp3) is 0.562. The lowest BCUT2D eigenvalue weighted by atomic mass is 9.81. The van der Waals surface area contributed by atoms with Crippen LogP contribution in [0.4, 0.5) is 0 Å². The number of sulfonamides is 1. The maximum Gasteiger partial charge on any atom is 0.253 e. The molecule has 2 rings (SSSR count). The monoisotopic (exact) mass is 375 g/mol. The van der Waals surface area contributed by atoms with Gasteiger partial charge in [0.1, 0.15) is 0 Å². The number of carbonyl (C=O) groups excluding carboxylic acids is 1. The fourth-order valence-electron chi connectivity index (χ4n) is 2.71. The summed E-state index contributed by atoms with van der Waals surface area (Å²) in [5, 5.41) is 0. The quantitative estimate of drug-likeness (QED) is 0.868. The third-order valence-corrected chi connectivity index (χ3v) is 6.28. The van der Waals surface area contributed by atoms with Gasteiger partial charge in [0, 0.05) is 38.8 Å². The lowest BCUT2D eigenvalue weighted by Gasteiger charge is -2.41. The average Bonchev–Trinajstić information content (AvgIpc) is 2.49. The predicted octanol–water partition coefficient (Wildman–Crippen LogP) is 1.56. The van der Waals surface area contributed by atoms with E-state index >= 15 is 0 Å². The number of nitrogens with two attached hydrogens (primary N) is 1. The van der Waals surface area contributed by atoms with Crippen LogP contribution in [0.25, 0.3) is 0 Å². The van der Waals surface area contributed by atoms with Gasteiger partial charge in [-0.25, -0.2) is 8.42 Å². The van der Waals surface area contributed by atoms with Crippen LogP contribution in [0.2, 0.25) is 0 Å². The van der Waals surface area contributed by atoms with E-state index in [-0.39, 0.29) is 34.7 Å². The lowest BCUT2D eigenvalue weighted by Crippen LogP contribution is -2.53. The minimum absolute atomic E-state index is 0. The van der Waals surface area contributed by atoms with Crippen LogP contribution in [0, 0.1) is 5.41 Å². The van der Waals surface area contributed by atoms with Crippen LogP contribution in [-0.2, 0) is 10.0 Å². The summed E-state index contributed by atoms with van der Waals surface area (Å²) in [7, 11) is -0.249. The molecule has 1 aromatic carbocycles. The number of nitrogens with zero attached hydrogens (tertiary/aromatic N) is 2. The summed E-state index contributed by atoms with van der Waals surface area (Å²) >= 11 is 0. The zero-order chi connectivity index (χ0) is 17.4. The molecule has 0 aromatic heterocycles. The van der Waals surface area contributed by atoms with Gasteiger partial charge in [0.15, 0.2) is 0 Å². The Bertz CT molecular complexity index is 687. The highest BCUT2D eigenvalue weighted by molar-refractivity contribution is 7.89. The second-order valence-corrected chi connectivity index (χ2v) is 8.88. The van der Waals surface area contributed by atoms with Gasteiger partial charge in [0.25, 0.3) is 5.91 Å². The Balaban J connectivity index is 0.00000288. The van der Waals surface area contributed by atoms with E-state index in [1.165, 1.54) is 21.3 Å². The molecule has 0 radical (unpaired) electrons. The van der Waals surface area contributed by atoms with Crippen molar-refractivity contribution in [3.8, 4) is 0 Å². The third kappa shape index (κ3) is 4.08. The van der Waals surface area contributed by atoms with E-state index in [2.05, 4.69) is 0 Å². The number of benzene rings is 1. The van der Waals surface area contributed by atoms with Crippen molar-refractivity contribution in [2.75, 3.05) is 27.2 Å². The van der Waals surface area contributed by atoms with Gasteiger partial charge in [-0.1, -0.05) is 13.8 Å². The minimum atomic E-state index is -3.57. The summed E-state index contributed by atoms with van der Waals surface area (Å²) in [5.74, 6) is -0.154. The number of hydrogen-bond donors (Lipinski definition) is 1. The first-order chi connectivity index (χ1) is 10.6. The number of hydrogen-bond acceptors (Lipinski definition) is 4. The van der Waals surface area contributed by atoms with Crippen LogP contribution in [0.15, 0.2) is 29.2 Å². The van der Waals surface area contributed by atoms with Crippen molar-refractivity contribution < 1.29 is 13.2 Å². The van der Waals surface area contributed by atoms with E-state index in [1.54, 1.807) is 26.2 Å². The van der Waals surface area contributed by atoms with Gasteiger partial charge in [-0.15, -0.1) is 12.4 Å². The number of amides is 1. The van der Waals surface area contributed by atoms with Gasteiger partial charge in [-0.2, -0.15) is 4.31 Å². The Morgan fingerprint density at radius 2 is 1.79 bits per heavy atom. The van der Waals surface area contributed by atoms with Crippen molar-refractivity contribution >= 4 is 28.3 Å². The van der Waals surface area contributed by atoms with Crippen molar-refractivity contribution in [1.29, 1.82) is 0 Å². The second-order valence-electron chi connectivity index (χ2n) is 6.95. The van der Waals surface area contributed by atoms with E-state index in [9.17, 15) is 13.2 Å². The summed E-state index contributed by atoms with van der Waals surface area (Å²) in [6.07, 6.45) is 0.642. The van der Waals surface area contributed by atoms with Gasteiger partial charge in [0.05, 0.1) is 4.90 Å². The summed E-state index contributed by atoms with van der Waals surface area (Å²) < 4.78 is 27.1. The number of carbonyl (C=O) groups is 1. The number of halogens is 1. The molecule has 0 aliphatic carbocycles. The number of piperidine rings is 1. The first kappa shape index (κ1) is 20.9. The summed E-state index contributed by atoms with van der Waals surface area (Å²) in [5.41, 5.74) is 6.28. The Morgan fingerprint density at radius 1 is 1.25 bits per heavy atom. The lowest BCUT2D eigenvalue weighted by molar-refractivity contribution is 0.0827. The highest BCUT2D eigenvalue weighted by atomic mass is 35.5. The van der Waals surface area contributed by atoms with E-state index in [0.29, 0.717) is 25.1 Å². The molecule has 1 unspecified atom stereocenters. The second kappa shape index (κ2) is 7.39. The fourth-order valence-corrected chi connectivity index (χ4v) is 4.33. The summed E-state index contributed by atoms with van der Waals surface area (Å²) in [6, 6.07) is 6.09. The summed E-state index contributed by atoms with van der Waals surface area (Å²) in [4.78, 5) is 13.5. The molecule has 1 heterocycles. The van der Waals surface area contributed by atoms with E-state index in [1.807, 2.05) is 13.8 Å². The van der Waals surface area contributed by atoms with E-state index in [0.717, 1.165) is 0 Å². The largest absolute Gasteiger partial charge is 0.345 e. The maximum absolute atomic E-state index is 12.8. The molecule has 0 saturated carbocycles. The highest BCUT2D eigenvalue weighted by Gasteiger charge is 2.38. The normalized spacial score (nSPS) is 21.0. The predicted molar refractivity (Wildman–Crippen MR) is 96.8 cm³/mol. The van der Waals surface area contributed by atoms with Crippen LogP contribution in [0.1, 0.15) is 30.6 Å². The Labute approximate surface area is 150 Å². The molecule has 8 heteroatoms. The molecule has 0 bridgehead atoms. The van der Waals surface area contributed by atoms with Gasteiger partial charge in [-0.05, 0) is 36.1 Å². The maximum atomic E-state index is 12.8. The van der Waals surface area contributed by atoms with Gasteiger partial charge in [0.2, 0.25) is 10.0 Å². The van der Waals surface area contributed by atoms with Crippen LogP contribution < -0.4 is 5.73 Å². The Morgan fingerprint density at radius 3 is 2.25 bits per heavy atom. The van der Waals surface area contributed by atoms with Gasteiger partial charge in [-0.3, -0.25) is 4.79 Å². The molecular formula is C16H26ClN3O3S. The zero-order valence-electron chi connectivity index (χ0n) is 14.5. The standard InChI is InChI=1S/C16H25N3O3S.ClH/c1-16(2)11-19(10-9-14(16)17)23(21,22)13-7-5-12(6-8-13)15(20)18(3)4;/h5-8,14H,9-11,17H2,1-4H3;1H. The molecule has 136 valence electrons. The molecule has 1 amide bonds. The minimum Gasteiger partial charge on any atom is -0.345 e. The van der Waals surface area contributed by atoms with Crippen LogP contribution >= 0.6 is 12.4 Å². The average molecular weight is 376 g/mol. The molecular weight excluding hydrogens is 350 g/mol. The smallest absolute Gasteiger partial charge is 0.253 e. The van der Waals surface area contributed by atoms with Crippen LogP contribution in [0.5, 0.6) is 0 Å². The van der Waals surface area contributed by atoms with Gasteiger partial charge >= 0.3 is 0 Å².